The van der Waals surface area contributed by atoms with Crippen molar-refractivity contribution in [2.75, 3.05) is 18.1 Å². The zero-order valence-corrected chi connectivity index (χ0v) is 18.4. The number of aromatic nitrogens is 3. The molecule has 0 radical (unpaired) electrons. The SMILES string of the molecule is CCOC(=O)C1=C(C)N(CC(=O)NCc2ccc(F)cc2)c2ncnn2C1c1ccccc1. The molecule has 1 aliphatic rings. The number of nitrogens with zero attached hydrogens (tertiary/aromatic N) is 4. The Bertz CT molecular complexity index is 1170. The number of hydrogen-bond acceptors (Lipinski definition) is 6. The summed E-state index contributed by atoms with van der Waals surface area (Å²) in [5, 5.41) is 7.18. The van der Waals surface area contributed by atoms with Gasteiger partial charge in [0.15, 0.2) is 0 Å². The van der Waals surface area contributed by atoms with Gasteiger partial charge in [-0.25, -0.2) is 13.9 Å². The van der Waals surface area contributed by atoms with Crippen LogP contribution in [0.15, 0.2) is 72.2 Å². The Labute approximate surface area is 190 Å². The van der Waals surface area contributed by atoms with Crippen LogP contribution in [0.5, 0.6) is 0 Å². The summed E-state index contributed by atoms with van der Waals surface area (Å²) in [6, 6.07) is 14.9. The lowest BCUT2D eigenvalue weighted by Gasteiger charge is -2.35. The number of esters is 1. The molecule has 4 rings (SSSR count). The standard InChI is InChI=1S/C24H24FN5O3/c1-3-33-23(32)21-16(2)29(14-20(31)26-13-17-9-11-19(25)12-10-17)24-27-15-28-30(24)22(21)18-7-5-4-6-8-18/h4-12,15,22H,3,13-14H2,1-2H3,(H,26,31). The Morgan fingerprint density at radius 3 is 2.55 bits per heavy atom. The minimum absolute atomic E-state index is 0.0733. The minimum atomic E-state index is -0.527. The highest BCUT2D eigenvalue weighted by atomic mass is 19.1. The van der Waals surface area contributed by atoms with Crippen LogP contribution >= 0.6 is 0 Å². The third-order valence-electron chi connectivity index (χ3n) is 5.42. The maximum Gasteiger partial charge on any atom is 0.338 e. The van der Waals surface area contributed by atoms with Crippen molar-refractivity contribution in [3.8, 4) is 0 Å². The van der Waals surface area contributed by atoms with Gasteiger partial charge in [-0.2, -0.15) is 10.1 Å². The van der Waals surface area contributed by atoms with Gasteiger partial charge in [-0.15, -0.1) is 0 Å². The van der Waals surface area contributed by atoms with Gasteiger partial charge in [0.2, 0.25) is 11.9 Å². The highest BCUT2D eigenvalue weighted by Gasteiger charge is 2.38. The van der Waals surface area contributed by atoms with Crippen molar-refractivity contribution in [2.24, 2.45) is 0 Å². The lowest BCUT2D eigenvalue weighted by atomic mass is 9.95. The van der Waals surface area contributed by atoms with E-state index in [2.05, 4.69) is 15.4 Å². The van der Waals surface area contributed by atoms with Crippen molar-refractivity contribution in [3.63, 3.8) is 0 Å². The van der Waals surface area contributed by atoms with Gasteiger partial charge in [0, 0.05) is 12.2 Å². The molecule has 0 saturated carbocycles. The van der Waals surface area contributed by atoms with E-state index in [-0.39, 0.29) is 31.4 Å². The van der Waals surface area contributed by atoms with Gasteiger partial charge in [-0.1, -0.05) is 42.5 Å². The third kappa shape index (κ3) is 4.62. The van der Waals surface area contributed by atoms with Crippen molar-refractivity contribution in [2.45, 2.75) is 26.4 Å². The molecule has 0 aliphatic carbocycles. The average molecular weight is 449 g/mol. The van der Waals surface area contributed by atoms with Crippen LogP contribution < -0.4 is 10.2 Å². The molecular formula is C24H24FN5O3. The molecule has 33 heavy (non-hydrogen) atoms. The maximum absolute atomic E-state index is 13.1. The predicted molar refractivity (Wildman–Crippen MR) is 120 cm³/mol. The molecule has 2 heterocycles. The Balaban J connectivity index is 1.63. The Morgan fingerprint density at radius 2 is 1.85 bits per heavy atom. The van der Waals surface area contributed by atoms with Crippen LogP contribution in [0.1, 0.15) is 31.0 Å². The van der Waals surface area contributed by atoms with Crippen LogP contribution in [-0.2, 0) is 20.9 Å². The molecule has 9 heteroatoms. The van der Waals surface area contributed by atoms with E-state index in [1.165, 1.54) is 18.5 Å². The number of allylic oxidation sites excluding steroid dienone is 1. The van der Waals surface area contributed by atoms with E-state index >= 15 is 0 Å². The molecule has 0 fully saturated rings. The zero-order chi connectivity index (χ0) is 23.4. The molecule has 1 N–H and O–H groups in total. The van der Waals surface area contributed by atoms with E-state index in [9.17, 15) is 14.0 Å². The first-order valence-corrected chi connectivity index (χ1v) is 10.6. The number of fused-ring (bicyclic) bond motifs is 1. The highest BCUT2D eigenvalue weighted by Crippen LogP contribution is 2.38. The lowest BCUT2D eigenvalue weighted by molar-refractivity contribution is -0.139. The van der Waals surface area contributed by atoms with Gasteiger partial charge in [0.05, 0.1) is 12.2 Å². The average Bonchev–Trinajstić information content (AvgIpc) is 3.30. The van der Waals surface area contributed by atoms with Crippen molar-refractivity contribution >= 4 is 17.8 Å². The third-order valence-corrected chi connectivity index (χ3v) is 5.42. The zero-order valence-electron chi connectivity index (χ0n) is 18.4. The largest absolute Gasteiger partial charge is 0.463 e. The van der Waals surface area contributed by atoms with Crippen LogP contribution in [-0.4, -0.2) is 39.8 Å². The van der Waals surface area contributed by atoms with Crippen LogP contribution in [0, 0.1) is 5.82 Å². The number of ether oxygens (including phenoxy) is 1. The normalized spacial score (nSPS) is 15.2. The number of hydrogen-bond donors (Lipinski definition) is 1. The van der Waals surface area contributed by atoms with Crippen molar-refractivity contribution < 1.29 is 18.7 Å². The van der Waals surface area contributed by atoms with E-state index in [1.807, 2.05) is 30.3 Å². The van der Waals surface area contributed by atoms with E-state index in [1.54, 1.807) is 35.6 Å². The monoisotopic (exact) mass is 449 g/mol. The number of carbonyl (C=O) groups excluding carboxylic acids is 2. The van der Waals surface area contributed by atoms with Gasteiger partial charge >= 0.3 is 5.97 Å². The Morgan fingerprint density at radius 1 is 1.12 bits per heavy atom. The van der Waals surface area contributed by atoms with Crippen LogP contribution in [0.2, 0.25) is 0 Å². The smallest absolute Gasteiger partial charge is 0.338 e. The highest BCUT2D eigenvalue weighted by molar-refractivity contribution is 5.93. The lowest BCUT2D eigenvalue weighted by Crippen LogP contribution is -2.42. The number of anilines is 1. The second-order valence-electron chi connectivity index (χ2n) is 7.53. The first-order valence-electron chi connectivity index (χ1n) is 10.6. The van der Waals surface area contributed by atoms with E-state index in [0.717, 1.165) is 11.1 Å². The molecule has 2 aromatic carbocycles. The van der Waals surface area contributed by atoms with Crippen molar-refractivity contribution in [3.05, 3.63) is 89.1 Å². The number of rotatable bonds is 7. The first kappa shape index (κ1) is 22.2. The Hall–Kier alpha value is -4.01. The van der Waals surface area contributed by atoms with Gasteiger partial charge in [-0.3, -0.25) is 4.79 Å². The first-order chi connectivity index (χ1) is 16.0. The minimum Gasteiger partial charge on any atom is -0.463 e. The number of nitrogens with one attached hydrogen (secondary N) is 1. The van der Waals surface area contributed by atoms with E-state index in [0.29, 0.717) is 17.2 Å². The molecule has 170 valence electrons. The summed E-state index contributed by atoms with van der Waals surface area (Å²) in [4.78, 5) is 31.8. The molecule has 1 unspecified atom stereocenters. The molecule has 8 nitrogen and oxygen atoms in total. The Kier molecular flexibility index (Phi) is 6.48. The molecule has 1 aliphatic heterocycles. The summed E-state index contributed by atoms with van der Waals surface area (Å²) in [6.45, 7) is 3.92. The van der Waals surface area contributed by atoms with Crippen LogP contribution in [0.25, 0.3) is 0 Å². The summed E-state index contributed by atoms with van der Waals surface area (Å²) in [6.07, 6.45) is 1.40. The fourth-order valence-corrected chi connectivity index (χ4v) is 3.84. The van der Waals surface area contributed by atoms with Gasteiger partial charge in [-0.05, 0) is 37.1 Å². The molecule has 0 spiro atoms. The molecule has 0 bridgehead atoms. The molecule has 1 amide bonds. The summed E-state index contributed by atoms with van der Waals surface area (Å²) in [5.74, 6) is -0.638. The number of carbonyl (C=O) groups is 2. The summed E-state index contributed by atoms with van der Waals surface area (Å²) >= 11 is 0. The fraction of sp³-hybridized carbons (Fsp3) is 0.250. The van der Waals surface area contributed by atoms with Gasteiger partial charge < -0.3 is 15.0 Å². The molecule has 1 atom stereocenters. The molecule has 1 aromatic heterocycles. The van der Waals surface area contributed by atoms with Crippen molar-refractivity contribution in [1.82, 2.24) is 20.1 Å². The number of benzene rings is 2. The van der Waals surface area contributed by atoms with Crippen LogP contribution in [0.4, 0.5) is 10.3 Å². The van der Waals surface area contributed by atoms with Crippen LogP contribution in [0.3, 0.4) is 0 Å². The number of amides is 1. The second-order valence-corrected chi connectivity index (χ2v) is 7.53. The summed E-state index contributed by atoms with van der Waals surface area (Å²) in [5.41, 5.74) is 2.59. The predicted octanol–water partition coefficient (Wildman–Crippen LogP) is 2.98. The topological polar surface area (TPSA) is 89.3 Å². The van der Waals surface area contributed by atoms with E-state index in [4.69, 9.17) is 4.74 Å². The quantitative estimate of drug-likeness (QED) is 0.558. The molecule has 3 aromatic rings. The molecular weight excluding hydrogens is 425 g/mol. The van der Waals surface area contributed by atoms with Gasteiger partial charge in [0.25, 0.3) is 0 Å². The van der Waals surface area contributed by atoms with Crippen molar-refractivity contribution in [1.29, 1.82) is 0 Å². The van der Waals surface area contributed by atoms with E-state index < -0.39 is 12.0 Å². The summed E-state index contributed by atoms with van der Waals surface area (Å²) < 4.78 is 20.1. The summed E-state index contributed by atoms with van der Waals surface area (Å²) in [7, 11) is 0. The molecule has 0 saturated heterocycles. The number of halogens is 1. The van der Waals surface area contributed by atoms with Gasteiger partial charge in [0.1, 0.15) is 24.7 Å². The fourth-order valence-electron chi connectivity index (χ4n) is 3.84. The maximum atomic E-state index is 13.1. The second kappa shape index (κ2) is 9.64.